The number of carbonyl (C=O) groups is 1. The predicted molar refractivity (Wildman–Crippen MR) is 108 cm³/mol. The normalized spacial score (nSPS) is 17.0. The molecule has 1 saturated heterocycles. The fourth-order valence-corrected chi connectivity index (χ4v) is 3.25. The van der Waals surface area contributed by atoms with Crippen molar-refractivity contribution >= 4 is 23.3 Å². The van der Waals surface area contributed by atoms with Gasteiger partial charge in [0.25, 0.3) is 0 Å². The minimum atomic E-state index is 0.0649. The minimum absolute atomic E-state index is 0.0649. The number of aromatic nitrogens is 1. The number of halogens is 1. The molecular formula is C21H26ClN3O2. The third-order valence-corrected chi connectivity index (χ3v) is 4.90. The van der Waals surface area contributed by atoms with Crippen LogP contribution in [-0.2, 0) is 22.5 Å². The standard InChI is InChI=1S/C21H26ClN3O2/c1-16-15-25(11-12-27-16)20-10-7-18(13-23-20)14-24-21(26)4-2-3-17-5-8-19(22)9-6-17/h5-10,13,16H,2-4,11-12,14-15H2,1H3,(H,24,26). The SMILES string of the molecule is CC1CN(c2ccc(CNC(=O)CCCc3ccc(Cl)cc3)cn2)CCO1. The van der Waals surface area contributed by atoms with Crippen molar-refractivity contribution in [2.24, 2.45) is 0 Å². The van der Waals surface area contributed by atoms with E-state index in [-0.39, 0.29) is 12.0 Å². The van der Waals surface area contributed by atoms with E-state index >= 15 is 0 Å². The Bertz CT molecular complexity index is 734. The minimum Gasteiger partial charge on any atom is -0.375 e. The van der Waals surface area contributed by atoms with Crippen LogP contribution in [0.25, 0.3) is 0 Å². The lowest BCUT2D eigenvalue weighted by molar-refractivity contribution is -0.121. The molecule has 2 heterocycles. The lowest BCUT2D eigenvalue weighted by Gasteiger charge is -2.32. The molecule has 1 aliphatic rings. The quantitative estimate of drug-likeness (QED) is 0.788. The molecule has 6 heteroatoms. The Labute approximate surface area is 165 Å². The largest absolute Gasteiger partial charge is 0.375 e. The number of anilines is 1. The van der Waals surface area contributed by atoms with Gasteiger partial charge in [0.15, 0.2) is 0 Å². The number of ether oxygens (including phenoxy) is 1. The molecule has 144 valence electrons. The monoisotopic (exact) mass is 387 g/mol. The molecule has 3 rings (SSSR count). The average Bonchev–Trinajstić information content (AvgIpc) is 2.68. The highest BCUT2D eigenvalue weighted by molar-refractivity contribution is 6.30. The number of carbonyl (C=O) groups excluding carboxylic acids is 1. The maximum atomic E-state index is 12.0. The summed E-state index contributed by atoms with van der Waals surface area (Å²) in [5.74, 6) is 1.03. The van der Waals surface area contributed by atoms with Crippen LogP contribution in [0.4, 0.5) is 5.82 Å². The number of benzene rings is 1. The Morgan fingerprint density at radius 3 is 2.74 bits per heavy atom. The van der Waals surface area contributed by atoms with Crippen LogP contribution in [0.1, 0.15) is 30.9 Å². The first kappa shape index (κ1) is 19.6. The van der Waals surface area contributed by atoms with Gasteiger partial charge in [0.2, 0.25) is 5.91 Å². The van der Waals surface area contributed by atoms with Gasteiger partial charge in [-0.2, -0.15) is 0 Å². The zero-order valence-corrected chi connectivity index (χ0v) is 16.4. The second kappa shape index (κ2) is 9.72. The van der Waals surface area contributed by atoms with Crippen LogP contribution in [0.3, 0.4) is 0 Å². The van der Waals surface area contributed by atoms with Crippen LogP contribution >= 0.6 is 11.6 Å². The summed E-state index contributed by atoms with van der Waals surface area (Å²) in [7, 11) is 0. The first-order valence-corrected chi connectivity index (χ1v) is 9.80. The van der Waals surface area contributed by atoms with Crippen molar-refractivity contribution in [1.82, 2.24) is 10.3 Å². The third kappa shape index (κ3) is 6.22. The molecule has 0 spiro atoms. The van der Waals surface area contributed by atoms with Crippen molar-refractivity contribution in [3.05, 3.63) is 58.7 Å². The van der Waals surface area contributed by atoms with E-state index in [2.05, 4.69) is 22.1 Å². The van der Waals surface area contributed by atoms with Gasteiger partial charge in [-0.3, -0.25) is 4.79 Å². The number of hydrogen-bond donors (Lipinski definition) is 1. The van der Waals surface area contributed by atoms with Gasteiger partial charge in [0, 0.05) is 37.3 Å². The van der Waals surface area contributed by atoms with Gasteiger partial charge < -0.3 is 15.0 Å². The van der Waals surface area contributed by atoms with Crippen molar-refractivity contribution in [3.8, 4) is 0 Å². The molecule has 2 aromatic rings. The molecule has 1 fully saturated rings. The zero-order valence-electron chi connectivity index (χ0n) is 15.7. The van der Waals surface area contributed by atoms with E-state index in [1.807, 2.05) is 42.6 Å². The number of nitrogens with one attached hydrogen (secondary N) is 1. The Morgan fingerprint density at radius 2 is 2.04 bits per heavy atom. The first-order valence-electron chi connectivity index (χ1n) is 9.43. The Morgan fingerprint density at radius 1 is 1.26 bits per heavy atom. The molecule has 1 amide bonds. The van der Waals surface area contributed by atoms with Gasteiger partial charge in [-0.25, -0.2) is 4.98 Å². The fourth-order valence-electron chi connectivity index (χ4n) is 3.13. The smallest absolute Gasteiger partial charge is 0.220 e. The Hall–Kier alpha value is -2.11. The summed E-state index contributed by atoms with van der Waals surface area (Å²) in [6, 6.07) is 11.8. The van der Waals surface area contributed by atoms with Crippen LogP contribution in [-0.4, -0.2) is 36.7 Å². The number of pyridine rings is 1. The van der Waals surface area contributed by atoms with Crippen LogP contribution in [0.5, 0.6) is 0 Å². The van der Waals surface area contributed by atoms with E-state index < -0.39 is 0 Å². The predicted octanol–water partition coefficient (Wildman–Crippen LogP) is 3.60. The molecular weight excluding hydrogens is 362 g/mol. The highest BCUT2D eigenvalue weighted by Gasteiger charge is 2.17. The van der Waals surface area contributed by atoms with E-state index in [4.69, 9.17) is 16.3 Å². The summed E-state index contributed by atoms with van der Waals surface area (Å²) in [6.07, 6.45) is 4.27. The first-order chi connectivity index (χ1) is 13.1. The highest BCUT2D eigenvalue weighted by atomic mass is 35.5. The summed E-state index contributed by atoms with van der Waals surface area (Å²) in [5, 5.41) is 3.70. The summed E-state index contributed by atoms with van der Waals surface area (Å²) < 4.78 is 5.56. The number of rotatable bonds is 7. The van der Waals surface area contributed by atoms with Crippen molar-refractivity contribution in [3.63, 3.8) is 0 Å². The van der Waals surface area contributed by atoms with E-state index in [0.29, 0.717) is 13.0 Å². The number of nitrogens with zero attached hydrogens (tertiary/aromatic N) is 2. The second-order valence-electron chi connectivity index (χ2n) is 6.91. The second-order valence-corrected chi connectivity index (χ2v) is 7.35. The zero-order chi connectivity index (χ0) is 19.1. The van der Waals surface area contributed by atoms with Gasteiger partial charge >= 0.3 is 0 Å². The summed E-state index contributed by atoms with van der Waals surface area (Å²) >= 11 is 5.88. The van der Waals surface area contributed by atoms with Gasteiger partial charge in [0.05, 0.1) is 12.7 Å². The molecule has 0 bridgehead atoms. The highest BCUT2D eigenvalue weighted by Crippen LogP contribution is 2.15. The molecule has 0 aliphatic carbocycles. The molecule has 5 nitrogen and oxygen atoms in total. The summed E-state index contributed by atoms with van der Waals surface area (Å²) in [4.78, 5) is 18.8. The van der Waals surface area contributed by atoms with E-state index in [9.17, 15) is 4.79 Å². The van der Waals surface area contributed by atoms with Crippen LogP contribution < -0.4 is 10.2 Å². The average molecular weight is 388 g/mol. The van der Waals surface area contributed by atoms with Gasteiger partial charge in [0.1, 0.15) is 5.82 Å². The number of aryl methyl sites for hydroxylation is 1. The van der Waals surface area contributed by atoms with Crippen molar-refractivity contribution in [2.75, 3.05) is 24.6 Å². The van der Waals surface area contributed by atoms with Crippen molar-refractivity contribution in [1.29, 1.82) is 0 Å². The Balaban J connectivity index is 1.38. The maximum Gasteiger partial charge on any atom is 0.220 e. The molecule has 1 aliphatic heterocycles. The molecule has 27 heavy (non-hydrogen) atoms. The lowest BCUT2D eigenvalue weighted by atomic mass is 10.1. The molecule has 1 aromatic carbocycles. The number of amides is 1. The number of morpholine rings is 1. The van der Waals surface area contributed by atoms with Gasteiger partial charge in [-0.05, 0) is 49.1 Å². The van der Waals surface area contributed by atoms with Gasteiger partial charge in [-0.15, -0.1) is 0 Å². The van der Waals surface area contributed by atoms with Crippen molar-refractivity contribution < 1.29 is 9.53 Å². The molecule has 0 saturated carbocycles. The third-order valence-electron chi connectivity index (χ3n) is 4.65. The molecule has 1 N–H and O–H groups in total. The van der Waals surface area contributed by atoms with Crippen LogP contribution in [0.15, 0.2) is 42.6 Å². The molecule has 1 atom stereocenters. The molecule has 1 unspecified atom stereocenters. The van der Waals surface area contributed by atoms with Crippen LogP contribution in [0, 0.1) is 0 Å². The summed E-state index contributed by atoms with van der Waals surface area (Å²) in [6.45, 7) is 5.03. The van der Waals surface area contributed by atoms with Gasteiger partial charge in [-0.1, -0.05) is 29.8 Å². The fraction of sp³-hybridized carbons (Fsp3) is 0.429. The van der Waals surface area contributed by atoms with E-state index in [0.717, 1.165) is 48.9 Å². The summed E-state index contributed by atoms with van der Waals surface area (Å²) in [5.41, 5.74) is 2.20. The van der Waals surface area contributed by atoms with E-state index in [1.165, 1.54) is 5.56 Å². The molecule has 1 aromatic heterocycles. The Kier molecular flexibility index (Phi) is 7.07. The van der Waals surface area contributed by atoms with Crippen molar-refractivity contribution in [2.45, 2.75) is 38.8 Å². The number of hydrogen-bond acceptors (Lipinski definition) is 4. The topological polar surface area (TPSA) is 54.5 Å². The van der Waals surface area contributed by atoms with Crippen LogP contribution in [0.2, 0.25) is 5.02 Å². The molecule has 0 radical (unpaired) electrons. The lowest BCUT2D eigenvalue weighted by Crippen LogP contribution is -2.41. The van der Waals surface area contributed by atoms with E-state index in [1.54, 1.807) is 0 Å². The maximum absolute atomic E-state index is 12.0.